The number of hydrogen-bond donors (Lipinski definition) is 2. The van der Waals surface area contributed by atoms with Crippen molar-refractivity contribution in [3.8, 4) is 0 Å². The molecule has 0 atom stereocenters. The number of hydrogen-bond acceptors (Lipinski definition) is 4. The van der Waals surface area contributed by atoms with Gasteiger partial charge in [0.05, 0.1) is 10.2 Å². The summed E-state index contributed by atoms with van der Waals surface area (Å²) in [5, 5.41) is 11.5. The molecule has 1 aromatic rings. The highest BCUT2D eigenvalue weighted by Crippen LogP contribution is 2.11. The Bertz CT molecular complexity index is 231. The first-order valence-corrected chi connectivity index (χ1v) is 4.22. The molecule has 5 heteroatoms. The van der Waals surface area contributed by atoms with E-state index >= 15 is 0 Å². The molecule has 11 heavy (non-hydrogen) atoms. The third kappa shape index (κ3) is 2.58. The Balaban J connectivity index is 2.62. The highest BCUT2D eigenvalue weighted by Gasteiger charge is 1.96. The van der Waals surface area contributed by atoms with Gasteiger partial charge < -0.3 is 10.4 Å². The summed E-state index contributed by atoms with van der Waals surface area (Å²) in [5.41, 5.74) is 0. The number of nitrogens with zero attached hydrogens (tertiary/aromatic N) is 2. The highest BCUT2D eigenvalue weighted by atomic mass is 127. The summed E-state index contributed by atoms with van der Waals surface area (Å²) < 4.78 is 0.957. The van der Waals surface area contributed by atoms with Crippen LogP contribution in [0.5, 0.6) is 0 Å². The van der Waals surface area contributed by atoms with Gasteiger partial charge in [-0.1, -0.05) is 0 Å². The van der Waals surface area contributed by atoms with Crippen molar-refractivity contribution in [2.45, 2.75) is 0 Å². The molecule has 0 saturated heterocycles. The van der Waals surface area contributed by atoms with E-state index < -0.39 is 0 Å². The number of halogens is 1. The van der Waals surface area contributed by atoms with Gasteiger partial charge in [-0.15, -0.1) is 0 Å². The van der Waals surface area contributed by atoms with Crippen LogP contribution < -0.4 is 5.32 Å². The molecule has 0 amide bonds. The first kappa shape index (κ1) is 8.66. The van der Waals surface area contributed by atoms with Gasteiger partial charge in [-0.05, 0) is 22.6 Å². The average molecular weight is 265 g/mol. The molecule has 0 aliphatic rings. The lowest BCUT2D eigenvalue weighted by molar-refractivity contribution is 0.311. The SMILES string of the molecule is OCCNc1ncncc1I. The second-order valence-electron chi connectivity index (χ2n) is 1.87. The van der Waals surface area contributed by atoms with E-state index in [4.69, 9.17) is 5.11 Å². The number of rotatable bonds is 3. The molecule has 0 aromatic carbocycles. The maximum atomic E-state index is 8.51. The fourth-order valence-corrected chi connectivity index (χ4v) is 1.11. The summed E-state index contributed by atoms with van der Waals surface area (Å²) in [4.78, 5) is 7.81. The minimum absolute atomic E-state index is 0.111. The van der Waals surface area contributed by atoms with Crippen molar-refractivity contribution < 1.29 is 5.11 Å². The molecule has 0 bridgehead atoms. The van der Waals surface area contributed by atoms with Crippen molar-refractivity contribution in [1.82, 2.24) is 9.97 Å². The zero-order valence-corrected chi connectivity index (χ0v) is 7.95. The van der Waals surface area contributed by atoms with Gasteiger partial charge >= 0.3 is 0 Å². The second-order valence-corrected chi connectivity index (χ2v) is 3.03. The van der Waals surface area contributed by atoms with Gasteiger partial charge in [0.15, 0.2) is 0 Å². The van der Waals surface area contributed by atoms with Crippen LogP contribution in [0.4, 0.5) is 5.82 Å². The predicted molar refractivity (Wildman–Crippen MR) is 50.3 cm³/mol. The van der Waals surface area contributed by atoms with Crippen LogP contribution in [0.3, 0.4) is 0 Å². The molecule has 0 spiro atoms. The molecular formula is C6H8IN3O. The Hall–Kier alpha value is -0.430. The van der Waals surface area contributed by atoms with Crippen LogP contribution in [0.1, 0.15) is 0 Å². The maximum absolute atomic E-state index is 8.51. The minimum Gasteiger partial charge on any atom is -0.395 e. The van der Waals surface area contributed by atoms with Gasteiger partial charge in [0, 0.05) is 12.7 Å². The molecule has 1 heterocycles. The Morgan fingerprint density at radius 1 is 1.64 bits per heavy atom. The highest BCUT2D eigenvalue weighted by molar-refractivity contribution is 14.1. The van der Waals surface area contributed by atoms with E-state index in [1.54, 1.807) is 6.20 Å². The monoisotopic (exact) mass is 265 g/mol. The summed E-state index contributed by atoms with van der Waals surface area (Å²) in [6.45, 7) is 0.632. The predicted octanol–water partition coefficient (Wildman–Crippen LogP) is 0.485. The molecule has 0 saturated carbocycles. The van der Waals surface area contributed by atoms with Crippen molar-refractivity contribution in [3.63, 3.8) is 0 Å². The summed E-state index contributed by atoms with van der Waals surface area (Å²) in [6.07, 6.45) is 3.19. The molecule has 0 radical (unpaired) electrons. The van der Waals surface area contributed by atoms with Crippen LogP contribution in [0.15, 0.2) is 12.5 Å². The van der Waals surface area contributed by atoms with E-state index in [1.165, 1.54) is 6.33 Å². The smallest absolute Gasteiger partial charge is 0.142 e. The third-order valence-corrected chi connectivity index (χ3v) is 1.86. The zero-order valence-electron chi connectivity index (χ0n) is 5.79. The summed E-state index contributed by atoms with van der Waals surface area (Å²) >= 11 is 2.13. The lowest BCUT2D eigenvalue weighted by Crippen LogP contribution is -2.08. The van der Waals surface area contributed by atoms with Gasteiger partial charge in [0.2, 0.25) is 0 Å². The fourth-order valence-electron chi connectivity index (χ4n) is 0.617. The van der Waals surface area contributed by atoms with Crippen molar-refractivity contribution in [2.75, 3.05) is 18.5 Å². The van der Waals surface area contributed by atoms with Gasteiger partial charge in [0.1, 0.15) is 12.1 Å². The van der Waals surface area contributed by atoms with E-state index in [0.717, 1.165) is 9.39 Å². The molecule has 0 unspecified atom stereocenters. The standard InChI is InChI=1S/C6H8IN3O/c7-5-3-8-4-10-6(5)9-1-2-11/h3-4,11H,1-2H2,(H,8,9,10). The average Bonchev–Trinajstić information content (AvgIpc) is 2.03. The van der Waals surface area contributed by atoms with Gasteiger partial charge in [-0.2, -0.15) is 0 Å². The second kappa shape index (κ2) is 4.45. The van der Waals surface area contributed by atoms with E-state index in [-0.39, 0.29) is 6.61 Å². The molecule has 4 nitrogen and oxygen atoms in total. The quantitative estimate of drug-likeness (QED) is 0.781. The van der Waals surface area contributed by atoms with Crippen LogP contribution in [0.25, 0.3) is 0 Å². The molecule has 1 rings (SSSR count). The number of aromatic nitrogens is 2. The Morgan fingerprint density at radius 3 is 3.09 bits per heavy atom. The first-order chi connectivity index (χ1) is 5.34. The topological polar surface area (TPSA) is 58.0 Å². The normalized spacial score (nSPS) is 9.64. The van der Waals surface area contributed by atoms with Crippen molar-refractivity contribution >= 4 is 28.4 Å². The van der Waals surface area contributed by atoms with Crippen molar-refractivity contribution in [2.24, 2.45) is 0 Å². The Labute approximate surface area is 78.2 Å². The van der Waals surface area contributed by atoms with E-state index in [9.17, 15) is 0 Å². The summed E-state index contributed by atoms with van der Waals surface area (Å²) in [7, 11) is 0. The molecule has 1 aromatic heterocycles. The minimum atomic E-state index is 0.111. The number of nitrogens with one attached hydrogen (secondary N) is 1. The number of aliphatic hydroxyl groups is 1. The van der Waals surface area contributed by atoms with Crippen molar-refractivity contribution in [3.05, 3.63) is 16.1 Å². The van der Waals surface area contributed by atoms with E-state index in [1.807, 2.05) is 0 Å². The van der Waals surface area contributed by atoms with Crippen LogP contribution in [-0.4, -0.2) is 28.2 Å². The molecule has 60 valence electrons. The van der Waals surface area contributed by atoms with Crippen LogP contribution in [0.2, 0.25) is 0 Å². The molecular weight excluding hydrogens is 257 g/mol. The number of aliphatic hydroxyl groups excluding tert-OH is 1. The summed E-state index contributed by atoms with van der Waals surface area (Å²) in [6, 6.07) is 0. The first-order valence-electron chi connectivity index (χ1n) is 3.15. The molecule has 0 aliphatic carbocycles. The van der Waals surface area contributed by atoms with Crippen LogP contribution in [0, 0.1) is 3.57 Å². The lowest BCUT2D eigenvalue weighted by atomic mass is 10.5. The molecule has 0 aliphatic heterocycles. The van der Waals surface area contributed by atoms with Crippen molar-refractivity contribution in [1.29, 1.82) is 0 Å². The van der Waals surface area contributed by atoms with Gasteiger partial charge in [-0.25, -0.2) is 9.97 Å². The Morgan fingerprint density at radius 2 is 2.45 bits per heavy atom. The molecule has 0 fully saturated rings. The van der Waals surface area contributed by atoms with E-state index in [0.29, 0.717) is 6.54 Å². The lowest BCUT2D eigenvalue weighted by Gasteiger charge is -2.03. The summed E-state index contributed by atoms with van der Waals surface area (Å²) in [5.74, 6) is 0.773. The van der Waals surface area contributed by atoms with Crippen LogP contribution in [-0.2, 0) is 0 Å². The Kier molecular flexibility index (Phi) is 3.50. The van der Waals surface area contributed by atoms with Gasteiger partial charge in [0.25, 0.3) is 0 Å². The van der Waals surface area contributed by atoms with Crippen LogP contribution >= 0.6 is 22.6 Å². The molecule has 2 N–H and O–H groups in total. The zero-order chi connectivity index (χ0) is 8.10. The maximum Gasteiger partial charge on any atom is 0.142 e. The largest absolute Gasteiger partial charge is 0.395 e. The van der Waals surface area contributed by atoms with Gasteiger partial charge in [-0.3, -0.25) is 0 Å². The van der Waals surface area contributed by atoms with E-state index in [2.05, 4.69) is 37.9 Å². The third-order valence-electron chi connectivity index (χ3n) is 1.07. The number of anilines is 1. The fraction of sp³-hybridized carbons (Fsp3) is 0.333.